The van der Waals surface area contributed by atoms with Crippen molar-refractivity contribution >= 4 is 23.4 Å². The van der Waals surface area contributed by atoms with E-state index in [-0.39, 0.29) is 23.1 Å². The smallest absolute Gasteiger partial charge is 0.270 e. The van der Waals surface area contributed by atoms with Gasteiger partial charge in [0, 0.05) is 38.9 Å². The lowest BCUT2D eigenvalue weighted by Gasteiger charge is -2.38. The average molecular weight is 278 g/mol. The molecule has 3 rings (SSSR count). The van der Waals surface area contributed by atoms with Gasteiger partial charge in [0.15, 0.2) is 0 Å². The van der Waals surface area contributed by atoms with E-state index in [0.29, 0.717) is 38.1 Å². The number of nitrogens with zero attached hydrogens (tertiary/aromatic N) is 2. The third kappa shape index (κ3) is 2.39. The van der Waals surface area contributed by atoms with E-state index in [0.717, 1.165) is 19.4 Å². The lowest BCUT2D eigenvalue weighted by Crippen LogP contribution is -2.47. The minimum atomic E-state index is -0.144. The Morgan fingerprint density at radius 3 is 2.45 bits per heavy atom. The van der Waals surface area contributed by atoms with Gasteiger partial charge in [0.05, 0.1) is 0 Å². The molecule has 0 bridgehead atoms. The molecule has 0 atom stereocenters. The summed E-state index contributed by atoms with van der Waals surface area (Å²) >= 11 is 0. The van der Waals surface area contributed by atoms with Crippen molar-refractivity contribution in [3.8, 4) is 0 Å². The van der Waals surface area contributed by atoms with Crippen LogP contribution in [0.1, 0.15) is 32.1 Å². The number of likely N-dealkylation sites (tertiary alicyclic amines) is 1. The molecule has 0 aromatic carbocycles. The summed E-state index contributed by atoms with van der Waals surface area (Å²) in [6, 6.07) is 0. The van der Waals surface area contributed by atoms with Gasteiger partial charge in [-0.3, -0.25) is 14.4 Å². The van der Waals surface area contributed by atoms with E-state index in [1.54, 1.807) is 4.90 Å². The molecule has 108 valence electrons. The van der Waals surface area contributed by atoms with Crippen LogP contribution in [0.2, 0.25) is 0 Å². The Morgan fingerprint density at radius 2 is 1.90 bits per heavy atom. The molecule has 3 amide bonds. The first-order valence-electron chi connectivity index (χ1n) is 6.99. The van der Waals surface area contributed by atoms with Crippen LogP contribution in [0, 0.1) is 5.41 Å². The maximum atomic E-state index is 12.3. The molecule has 0 aliphatic carbocycles. The Hall–Kier alpha value is -1.92. The van der Waals surface area contributed by atoms with Crippen molar-refractivity contribution in [2.45, 2.75) is 32.1 Å². The topological polar surface area (TPSA) is 90.9 Å². The highest BCUT2D eigenvalue weighted by molar-refractivity contribution is 6.39. The van der Waals surface area contributed by atoms with E-state index in [1.165, 1.54) is 0 Å². The first kappa shape index (κ1) is 13.1. The molecular weight excluding hydrogens is 260 g/mol. The first-order chi connectivity index (χ1) is 9.58. The number of rotatable bonds is 1. The Labute approximate surface area is 116 Å². The van der Waals surface area contributed by atoms with Gasteiger partial charge < -0.3 is 10.2 Å². The van der Waals surface area contributed by atoms with Crippen molar-refractivity contribution in [2.24, 2.45) is 10.5 Å². The van der Waals surface area contributed by atoms with Crippen molar-refractivity contribution in [2.75, 3.05) is 19.6 Å². The maximum Gasteiger partial charge on any atom is 0.270 e. The van der Waals surface area contributed by atoms with Gasteiger partial charge in [-0.25, -0.2) is 5.43 Å². The van der Waals surface area contributed by atoms with Crippen LogP contribution in [0.3, 0.4) is 0 Å². The van der Waals surface area contributed by atoms with Gasteiger partial charge in [0.25, 0.3) is 5.91 Å². The third-order valence-corrected chi connectivity index (χ3v) is 4.46. The zero-order valence-corrected chi connectivity index (χ0v) is 11.3. The van der Waals surface area contributed by atoms with Crippen LogP contribution in [0.5, 0.6) is 0 Å². The third-order valence-electron chi connectivity index (χ3n) is 4.46. The van der Waals surface area contributed by atoms with Crippen LogP contribution in [0.4, 0.5) is 0 Å². The lowest BCUT2D eigenvalue weighted by molar-refractivity contribution is -0.126. The number of hydrazone groups is 1. The normalized spacial score (nSPS) is 25.2. The number of carbonyl (C=O) groups is 3. The predicted molar refractivity (Wildman–Crippen MR) is 70.7 cm³/mol. The lowest BCUT2D eigenvalue weighted by atomic mass is 9.77. The summed E-state index contributed by atoms with van der Waals surface area (Å²) in [6.07, 6.45) is 2.99. The monoisotopic (exact) mass is 278 g/mol. The number of carbonyl (C=O) groups excluding carboxylic acids is 3. The summed E-state index contributed by atoms with van der Waals surface area (Å²) in [5.74, 6) is -0.115. The number of nitrogens with one attached hydrogen (secondary N) is 2. The highest BCUT2D eigenvalue weighted by Crippen LogP contribution is 2.37. The number of hydrogen-bond donors (Lipinski definition) is 2. The second-order valence-electron chi connectivity index (χ2n) is 5.84. The highest BCUT2D eigenvalue weighted by atomic mass is 16.2. The SMILES string of the molecule is O=C1CC2(CCN(C(=O)C3=NNC(=O)CC3)CC2)CN1. The fourth-order valence-electron chi connectivity index (χ4n) is 3.10. The van der Waals surface area contributed by atoms with Crippen molar-refractivity contribution in [3.05, 3.63) is 0 Å². The van der Waals surface area contributed by atoms with Crippen LogP contribution in [-0.2, 0) is 14.4 Å². The molecule has 1 spiro atoms. The molecule has 7 nitrogen and oxygen atoms in total. The minimum Gasteiger partial charge on any atom is -0.356 e. The fraction of sp³-hybridized carbons (Fsp3) is 0.692. The van der Waals surface area contributed by atoms with E-state index >= 15 is 0 Å². The molecule has 3 aliphatic rings. The van der Waals surface area contributed by atoms with E-state index < -0.39 is 0 Å². The van der Waals surface area contributed by atoms with E-state index in [2.05, 4.69) is 15.8 Å². The molecular formula is C13H18N4O3. The van der Waals surface area contributed by atoms with Crippen LogP contribution in [0.25, 0.3) is 0 Å². The molecule has 2 saturated heterocycles. The van der Waals surface area contributed by atoms with Crippen LogP contribution < -0.4 is 10.7 Å². The summed E-state index contributed by atoms with van der Waals surface area (Å²) in [5, 5.41) is 6.72. The minimum absolute atomic E-state index is 0.0381. The zero-order chi connectivity index (χ0) is 14.2. The zero-order valence-electron chi connectivity index (χ0n) is 11.3. The Balaban J connectivity index is 1.59. The molecule has 0 saturated carbocycles. The van der Waals surface area contributed by atoms with Crippen LogP contribution in [0.15, 0.2) is 5.10 Å². The summed E-state index contributed by atoms with van der Waals surface area (Å²) in [4.78, 5) is 36.5. The number of hydrogen-bond acceptors (Lipinski definition) is 4. The van der Waals surface area contributed by atoms with Crippen molar-refractivity contribution < 1.29 is 14.4 Å². The predicted octanol–water partition coefficient (Wildman–Crippen LogP) is -0.619. The van der Waals surface area contributed by atoms with Crippen molar-refractivity contribution in [1.29, 1.82) is 0 Å². The molecule has 2 fully saturated rings. The molecule has 3 aliphatic heterocycles. The van der Waals surface area contributed by atoms with Gasteiger partial charge in [-0.2, -0.15) is 5.10 Å². The summed E-state index contributed by atoms with van der Waals surface area (Å²) in [5.41, 5.74) is 2.82. The van der Waals surface area contributed by atoms with Gasteiger partial charge in [-0.05, 0) is 18.3 Å². The molecule has 3 heterocycles. The number of amides is 3. The van der Waals surface area contributed by atoms with Crippen LogP contribution in [-0.4, -0.2) is 48.0 Å². The maximum absolute atomic E-state index is 12.3. The van der Waals surface area contributed by atoms with Gasteiger partial charge in [-0.15, -0.1) is 0 Å². The van der Waals surface area contributed by atoms with Crippen molar-refractivity contribution in [1.82, 2.24) is 15.6 Å². The summed E-state index contributed by atoms with van der Waals surface area (Å²) in [6.45, 7) is 2.03. The van der Waals surface area contributed by atoms with Gasteiger partial charge in [0.2, 0.25) is 11.8 Å². The second-order valence-corrected chi connectivity index (χ2v) is 5.84. The molecule has 0 aromatic rings. The van der Waals surface area contributed by atoms with Gasteiger partial charge in [-0.1, -0.05) is 0 Å². The molecule has 0 unspecified atom stereocenters. The second kappa shape index (κ2) is 4.88. The average Bonchev–Trinajstić information content (AvgIpc) is 2.81. The summed E-state index contributed by atoms with van der Waals surface area (Å²) < 4.78 is 0. The molecule has 0 radical (unpaired) electrons. The fourth-order valence-corrected chi connectivity index (χ4v) is 3.10. The van der Waals surface area contributed by atoms with E-state index in [1.807, 2.05) is 0 Å². The first-order valence-corrected chi connectivity index (χ1v) is 6.99. The molecule has 20 heavy (non-hydrogen) atoms. The Morgan fingerprint density at radius 1 is 1.15 bits per heavy atom. The van der Waals surface area contributed by atoms with Gasteiger partial charge in [0.1, 0.15) is 5.71 Å². The molecule has 2 N–H and O–H groups in total. The van der Waals surface area contributed by atoms with E-state index in [4.69, 9.17) is 0 Å². The van der Waals surface area contributed by atoms with E-state index in [9.17, 15) is 14.4 Å². The van der Waals surface area contributed by atoms with Crippen LogP contribution >= 0.6 is 0 Å². The molecule has 0 aromatic heterocycles. The van der Waals surface area contributed by atoms with Crippen molar-refractivity contribution in [3.63, 3.8) is 0 Å². The largest absolute Gasteiger partial charge is 0.356 e. The molecule has 7 heteroatoms. The van der Waals surface area contributed by atoms with Gasteiger partial charge >= 0.3 is 0 Å². The number of piperidine rings is 1. The Bertz CT molecular complexity index is 492. The summed E-state index contributed by atoms with van der Waals surface area (Å²) in [7, 11) is 0. The highest BCUT2D eigenvalue weighted by Gasteiger charge is 2.42. The standard InChI is InChI=1S/C13H18N4O3/c18-10-2-1-9(15-16-10)12(20)17-5-3-13(4-6-17)7-11(19)14-8-13/h1-8H2,(H,14,19)(H,16,18). The Kier molecular flexibility index (Phi) is 3.19. The quantitative estimate of drug-likeness (QED) is 0.670.